The molecule has 3 rings (SSSR count). The van der Waals surface area contributed by atoms with Crippen LogP contribution in [0.25, 0.3) is 0 Å². The predicted octanol–water partition coefficient (Wildman–Crippen LogP) is 4.57. The van der Waals surface area contributed by atoms with Crippen molar-refractivity contribution < 1.29 is 14.3 Å². The summed E-state index contributed by atoms with van der Waals surface area (Å²) in [5, 5.41) is 0. The van der Waals surface area contributed by atoms with Gasteiger partial charge < -0.3 is 9.47 Å². The summed E-state index contributed by atoms with van der Waals surface area (Å²) in [5.41, 5.74) is 2.02. The number of benzene rings is 2. The van der Waals surface area contributed by atoms with Crippen LogP contribution in [-0.4, -0.2) is 5.97 Å². The summed E-state index contributed by atoms with van der Waals surface area (Å²) < 4.78 is 11.2. The fraction of sp³-hybridized carbons (Fsp3) is 0.136. The van der Waals surface area contributed by atoms with Crippen LogP contribution in [0.1, 0.15) is 11.1 Å². The van der Waals surface area contributed by atoms with Crippen LogP contribution in [-0.2, 0) is 27.3 Å². The number of allylic oxidation sites excluding steroid dienone is 4. The molecule has 3 heteroatoms. The molecule has 1 heterocycles. The Kier molecular flexibility index (Phi) is 5.83. The van der Waals surface area contributed by atoms with Crippen LogP contribution < -0.4 is 0 Å². The van der Waals surface area contributed by atoms with Crippen LogP contribution in [0.2, 0.25) is 0 Å². The van der Waals surface area contributed by atoms with Gasteiger partial charge in [-0.15, -0.1) is 0 Å². The van der Waals surface area contributed by atoms with Gasteiger partial charge in [-0.2, -0.15) is 0 Å². The Labute approximate surface area is 147 Å². The van der Waals surface area contributed by atoms with Gasteiger partial charge in [-0.05, 0) is 29.7 Å². The fourth-order valence-electron chi connectivity index (χ4n) is 2.59. The zero-order valence-corrected chi connectivity index (χ0v) is 13.9. The van der Waals surface area contributed by atoms with Gasteiger partial charge in [0.25, 0.3) is 0 Å². The maximum absolute atomic E-state index is 12.7. The Morgan fingerprint density at radius 2 is 1.56 bits per heavy atom. The standard InChI is InChI=1S/C22H20O3/c23-22(25-17-19-12-6-2-7-13-19)20(16-18-10-4-1-5-11-18)21-14-8-3-9-15-24-21/h1-15,20H,16-17H2. The highest BCUT2D eigenvalue weighted by atomic mass is 16.5. The SMILES string of the molecule is O=C(OCc1ccccc1)C(Cc1ccccc1)C1=CC=CC=CO1. The molecular weight excluding hydrogens is 312 g/mol. The minimum absolute atomic E-state index is 0.254. The van der Waals surface area contributed by atoms with E-state index in [1.54, 1.807) is 12.3 Å². The first-order valence-corrected chi connectivity index (χ1v) is 8.27. The molecule has 0 aromatic heterocycles. The second kappa shape index (κ2) is 8.69. The maximum Gasteiger partial charge on any atom is 0.317 e. The van der Waals surface area contributed by atoms with E-state index in [0.717, 1.165) is 11.1 Å². The van der Waals surface area contributed by atoms with Crippen LogP contribution in [0.3, 0.4) is 0 Å². The van der Waals surface area contributed by atoms with Gasteiger partial charge in [0.1, 0.15) is 18.3 Å². The van der Waals surface area contributed by atoms with Gasteiger partial charge in [0.2, 0.25) is 0 Å². The zero-order chi connectivity index (χ0) is 17.3. The lowest BCUT2D eigenvalue weighted by atomic mass is 9.97. The third kappa shape index (κ3) is 4.95. The Bertz CT molecular complexity index is 773. The van der Waals surface area contributed by atoms with E-state index in [2.05, 4.69) is 0 Å². The van der Waals surface area contributed by atoms with E-state index >= 15 is 0 Å². The molecule has 1 aliphatic heterocycles. The minimum Gasteiger partial charge on any atom is -0.468 e. The lowest BCUT2D eigenvalue weighted by Crippen LogP contribution is -2.23. The third-order valence-corrected chi connectivity index (χ3v) is 3.90. The van der Waals surface area contributed by atoms with Crippen molar-refractivity contribution in [1.29, 1.82) is 0 Å². The first-order chi connectivity index (χ1) is 12.3. The number of hydrogen-bond donors (Lipinski definition) is 0. The highest BCUT2D eigenvalue weighted by molar-refractivity contribution is 5.76. The average Bonchev–Trinajstić information content (AvgIpc) is 2.95. The molecule has 25 heavy (non-hydrogen) atoms. The number of rotatable bonds is 6. The summed E-state index contributed by atoms with van der Waals surface area (Å²) in [4.78, 5) is 12.7. The first kappa shape index (κ1) is 16.8. The van der Waals surface area contributed by atoms with E-state index in [9.17, 15) is 4.79 Å². The second-order valence-corrected chi connectivity index (χ2v) is 5.74. The summed E-state index contributed by atoms with van der Waals surface area (Å²) in [6.07, 6.45) is 9.44. The normalized spacial score (nSPS) is 14.2. The van der Waals surface area contributed by atoms with Gasteiger partial charge in [0.15, 0.2) is 0 Å². The summed E-state index contributed by atoms with van der Waals surface area (Å²) in [5.74, 6) is -0.187. The molecule has 0 saturated carbocycles. The van der Waals surface area contributed by atoms with Crippen molar-refractivity contribution in [3.8, 4) is 0 Å². The number of esters is 1. The fourth-order valence-corrected chi connectivity index (χ4v) is 2.59. The maximum atomic E-state index is 12.7. The molecule has 126 valence electrons. The van der Waals surface area contributed by atoms with Crippen molar-refractivity contribution in [1.82, 2.24) is 0 Å². The van der Waals surface area contributed by atoms with Crippen molar-refractivity contribution in [3.63, 3.8) is 0 Å². The van der Waals surface area contributed by atoms with E-state index in [1.165, 1.54) is 0 Å². The van der Waals surface area contributed by atoms with Crippen LogP contribution in [0.5, 0.6) is 0 Å². The van der Waals surface area contributed by atoms with Crippen molar-refractivity contribution in [2.45, 2.75) is 13.0 Å². The molecular formula is C22H20O3. The molecule has 1 atom stereocenters. The Morgan fingerprint density at radius 3 is 2.28 bits per heavy atom. The van der Waals surface area contributed by atoms with Gasteiger partial charge in [0, 0.05) is 0 Å². The van der Waals surface area contributed by atoms with E-state index in [-0.39, 0.29) is 12.6 Å². The van der Waals surface area contributed by atoms with E-state index in [1.807, 2.05) is 78.9 Å². The highest BCUT2D eigenvalue weighted by Gasteiger charge is 2.26. The predicted molar refractivity (Wildman–Crippen MR) is 97.3 cm³/mol. The second-order valence-electron chi connectivity index (χ2n) is 5.74. The largest absolute Gasteiger partial charge is 0.468 e. The van der Waals surface area contributed by atoms with Crippen molar-refractivity contribution in [2.75, 3.05) is 0 Å². The molecule has 0 bridgehead atoms. The number of hydrogen-bond acceptors (Lipinski definition) is 3. The topological polar surface area (TPSA) is 35.5 Å². The van der Waals surface area contributed by atoms with Crippen LogP contribution in [0.4, 0.5) is 0 Å². The van der Waals surface area contributed by atoms with Crippen LogP contribution >= 0.6 is 0 Å². The van der Waals surface area contributed by atoms with Crippen molar-refractivity contribution in [2.24, 2.45) is 5.92 Å². The molecule has 0 aliphatic carbocycles. The Balaban J connectivity index is 1.75. The highest BCUT2D eigenvalue weighted by Crippen LogP contribution is 2.22. The molecule has 2 aromatic rings. The molecule has 1 unspecified atom stereocenters. The number of carbonyl (C=O) groups excluding carboxylic acids is 1. The monoisotopic (exact) mass is 332 g/mol. The molecule has 0 N–H and O–H groups in total. The van der Waals surface area contributed by atoms with Gasteiger partial charge in [-0.3, -0.25) is 4.79 Å². The quantitative estimate of drug-likeness (QED) is 0.727. The summed E-state index contributed by atoms with van der Waals surface area (Å²) in [7, 11) is 0. The summed E-state index contributed by atoms with van der Waals surface area (Å²) in [6.45, 7) is 0.254. The smallest absolute Gasteiger partial charge is 0.317 e. The third-order valence-electron chi connectivity index (χ3n) is 3.90. The molecule has 0 radical (unpaired) electrons. The van der Waals surface area contributed by atoms with Gasteiger partial charge in [0.05, 0.1) is 6.26 Å². The Hall–Kier alpha value is -3.07. The summed E-state index contributed by atoms with van der Waals surface area (Å²) in [6, 6.07) is 19.5. The molecule has 0 amide bonds. The number of ether oxygens (including phenoxy) is 2. The van der Waals surface area contributed by atoms with Crippen molar-refractivity contribution >= 4 is 5.97 Å². The van der Waals surface area contributed by atoms with Crippen LogP contribution in [0.15, 0.2) is 97.0 Å². The number of carbonyl (C=O) groups is 1. The average molecular weight is 332 g/mol. The Morgan fingerprint density at radius 1 is 0.880 bits per heavy atom. The lowest BCUT2D eigenvalue weighted by Gasteiger charge is -2.18. The first-order valence-electron chi connectivity index (χ1n) is 8.27. The molecule has 0 saturated heterocycles. The summed E-state index contributed by atoms with van der Waals surface area (Å²) >= 11 is 0. The van der Waals surface area contributed by atoms with Gasteiger partial charge in [-0.25, -0.2) is 0 Å². The van der Waals surface area contributed by atoms with Crippen molar-refractivity contribution in [3.05, 3.63) is 108 Å². The van der Waals surface area contributed by atoms with Gasteiger partial charge in [-0.1, -0.05) is 72.8 Å². The molecule has 3 nitrogen and oxygen atoms in total. The molecule has 1 aliphatic rings. The van der Waals surface area contributed by atoms with E-state index in [0.29, 0.717) is 12.2 Å². The molecule has 0 fully saturated rings. The lowest BCUT2D eigenvalue weighted by molar-refractivity contribution is -0.149. The van der Waals surface area contributed by atoms with Crippen LogP contribution in [0, 0.1) is 5.92 Å². The van der Waals surface area contributed by atoms with Gasteiger partial charge >= 0.3 is 5.97 Å². The zero-order valence-electron chi connectivity index (χ0n) is 13.9. The van der Waals surface area contributed by atoms with E-state index in [4.69, 9.17) is 9.47 Å². The molecule has 2 aromatic carbocycles. The minimum atomic E-state index is -0.487. The molecule has 0 spiro atoms. The van der Waals surface area contributed by atoms with E-state index < -0.39 is 5.92 Å².